The van der Waals surface area contributed by atoms with Gasteiger partial charge in [-0.3, -0.25) is 4.79 Å². The fraction of sp³-hybridized carbons (Fsp3) is 0.625. The van der Waals surface area contributed by atoms with E-state index in [4.69, 9.17) is 4.74 Å². The normalized spacial score (nSPS) is 18.1. The van der Waals surface area contributed by atoms with Crippen molar-refractivity contribution in [2.24, 2.45) is 0 Å². The second kappa shape index (κ2) is 7.46. The van der Waals surface area contributed by atoms with E-state index in [1.54, 1.807) is 18.0 Å². The number of ether oxygens (including phenoxy) is 1. The van der Waals surface area contributed by atoms with Gasteiger partial charge in [0.15, 0.2) is 0 Å². The summed E-state index contributed by atoms with van der Waals surface area (Å²) < 4.78 is 5.01. The number of anilines is 1. The van der Waals surface area contributed by atoms with Crippen molar-refractivity contribution in [3.8, 4) is 0 Å². The van der Waals surface area contributed by atoms with Crippen LogP contribution in [-0.2, 0) is 4.74 Å². The number of hydrogen-bond acceptors (Lipinski definition) is 6. The molecule has 1 saturated heterocycles. The summed E-state index contributed by atoms with van der Waals surface area (Å²) >= 11 is 0. The predicted octanol–water partition coefficient (Wildman–Crippen LogP) is 1.40. The molecule has 8 nitrogen and oxygen atoms in total. The van der Waals surface area contributed by atoms with E-state index in [1.165, 1.54) is 6.20 Å². The van der Waals surface area contributed by atoms with Gasteiger partial charge in [0.05, 0.1) is 19.0 Å². The molecule has 1 aliphatic carbocycles. The summed E-state index contributed by atoms with van der Waals surface area (Å²) in [5, 5.41) is 6.19. The molecule has 2 heterocycles. The van der Waals surface area contributed by atoms with Crippen LogP contribution in [-0.4, -0.2) is 58.6 Å². The molecule has 1 aliphatic heterocycles. The quantitative estimate of drug-likeness (QED) is 0.845. The summed E-state index contributed by atoms with van der Waals surface area (Å²) in [7, 11) is 0. The third kappa shape index (κ3) is 4.33. The van der Waals surface area contributed by atoms with Crippen molar-refractivity contribution in [3.05, 3.63) is 18.1 Å². The molecule has 1 aromatic rings. The van der Waals surface area contributed by atoms with Crippen LogP contribution in [0.5, 0.6) is 0 Å². The number of likely N-dealkylation sites (tertiary alicyclic amines) is 1. The Morgan fingerprint density at radius 3 is 2.50 bits per heavy atom. The highest BCUT2D eigenvalue weighted by Crippen LogP contribution is 2.19. The predicted molar refractivity (Wildman–Crippen MR) is 87.8 cm³/mol. The van der Waals surface area contributed by atoms with Gasteiger partial charge in [0.25, 0.3) is 5.91 Å². The Morgan fingerprint density at radius 1 is 1.17 bits per heavy atom. The minimum absolute atomic E-state index is 0.167. The summed E-state index contributed by atoms with van der Waals surface area (Å²) in [6.45, 7) is 3.52. The van der Waals surface area contributed by atoms with Gasteiger partial charge in [-0.05, 0) is 32.6 Å². The van der Waals surface area contributed by atoms with Gasteiger partial charge in [0.1, 0.15) is 11.5 Å². The third-order valence-corrected chi connectivity index (χ3v) is 4.17. The molecule has 3 rings (SSSR count). The topological polar surface area (TPSA) is 96.5 Å². The number of nitrogens with zero attached hydrogens (tertiary/aromatic N) is 3. The van der Waals surface area contributed by atoms with Crippen molar-refractivity contribution in [1.82, 2.24) is 20.2 Å². The Bertz CT molecular complexity index is 580. The van der Waals surface area contributed by atoms with Gasteiger partial charge >= 0.3 is 6.09 Å². The maximum Gasteiger partial charge on any atom is 0.409 e. The van der Waals surface area contributed by atoms with Gasteiger partial charge in [0, 0.05) is 25.2 Å². The molecule has 8 heteroatoms. The molecule has 24 heavy (non-hydrogen) atoms. The molecule has 1 saturated carbocycles. The van der Waals surface area contributed by atoms with Crippen molar-refractivity contribution < 1.29 is 14.3 Å². The summed E-state index contributed by atoms with van der Waals surface area (Å²) in [4.78, 5) is 33.7. The first kappa shape index (κ1) is 16.5. The first-order chi connectivity index (χ1) is 11.7. The minimum atomic E-state index is -0.248. The van der Waals surface area contributed by atoms with Crippen molar-refractivity contribution in [2.75, 3.05) is 25.0 Å². The molecular formula is C16H23N5O3. The third-order valence-electron chi connectivity index (χ3n) is 4.17. The maximum absolute atomic E-state index is 11.9. The molecule has 0 radical (unpaired) electrons. The van der Waals surface area contributed by atoms with Crippen LogP contribution in [0.15, 0.2) is 12.4 Å². The zero-order chi connectivity index (χ0) is 16.9. The van der Waals surface area contributed by atoms with Crippen LogP contribution in [0.1, 0.15) is 43.1 Å². The summed E-state index contributed by atoms with van der Waals surface area (Å²) in [5.41, 5.74) is 0.338. The highest BCUT2D eigenvalue weighted by molar-refractivity contribution is 5.92. The molecule has 1 aromatic heterocycles. The fourth-order valence-corrected chi connectivity index (χ4v) is 2.64. The monoisotopic (exact) mass is 333 g/mol. The van der Waals surface area contributed by atoms with Crippen LogP contribution in [0.4, 0.5) is 10.6 Å². The van der Waals surface area contributed by atoms with E-state index in [2.05, 4.69) is 20.6 Å². The molecule has 2 amide bonds. The number of aromatic nitrogens is 2. The van der Waals surface area contributed by atoms with Gasteiger partial charge < -0.3 is 20.3 Å². The first-order valence-electron chi connectivity index (χ1n) is 8.47. The number of amides is 2. The smallest absolute Gasteiger partial charge is 0.409 e. The van der Waals surface area contributed by atoms with Gasteiger partial charge in [-0.25, -0.2) is 14.8 Å². The first-order valence-corrected chi connectivity index (χ1v) is 8.47. The average Bonchev–Trinajstić information content (AvgIpc) is 3.40. The van der Waals surface area contributed by atoms with Crippen molar-refractivity contribution >= 4 is 17.8 Å². The second-order valence-electron chi connectivity index (χ2n) is 6.14. The van der Waals surface area contributed by atoms with Gasteiger partial charge in [-0.2, -0.15) is 0 Å². The van der Waals surface area contributed by atoms with Gasteiger partial charge in [-0.1, -0.05) is 0 Å². The summed E-state index contributed by atoms with van der Waals surface area (Å²) in [6, 6.07) is 0.540. The van der Waals surface area contributed by atoms with Crippen molar-refractivity contribution in [1.29, 1.82) is 0 Å². The molecule has 2 fully saturated rings. The number of piperidine rings is 1. The number of carbonyl (C=O) groups excluding carboxylic acids is 2. The molecule has 2 N–H and O–H groups in total. The molecule has 0 spiro atoms. The van der Waals surface area contributed by atoms with E-state index in [-0.39, 0.29) is 18.0 Å². The highest BCUT2D eigenvalue weighted by Gasteiger charge is 2.25. The lowest BCUT2D eigenvalue weighted by molar-refractivity contribution is 0.0944. The van der Waals surface area contributed by atoms with Crippen molar-refractivity contribution in [3.63, 3.8) is 0 Å². The Kier molecular flexibility index (Phi) is 5.12. The summed E-state index contributed by atoms with van der Waals surface area (Å²) in [5.74, 6) is 0.479. The fourth-order valence-electron chi connectivity index (χ4n) is 2.64. The van der Waals surface area contributed by atoms with Crippen LogP contribution in [0, 0.1) is 0 Å². The molecule has 2 aliphatic rings. The molecule has 0 unspecified atom stereocenters. The number of carbonyl (C=O) groups is 2. The summed E-state index contributed by atoms with van der Waals surface area (Å²) in [6.07, 6.45) is 6.57. The standard InChI is InChI=1S/C16H23N5O3/c1-2-24-16(23)21-7-5-12(6-8-21)19-14-10-17-13(9-18-14)15(22)20-11-3-4-11/h9-12H,2-8H2,1H3,(H,18,19)(H,20,22). The van der Waals surface area contributed by atoms with Gasteiger partial charge in [-0.15, -0.1) is 0 Å². The van der Waals surface area contributed by atoms with E-state index >= 15 is 0 Å². The Morgan fingerprint density at radius 2 is 1.92 bits per heavy atom. The van der Waals surface area contributed by atoms with Crippen LogP contribution >= 0.6 is 0 Å². The van der Waals surface area contributed by atoms with E-state index in [0.717, 1.165) is 25.7 Å². The van der Waals surface area contributed by atoms with E-state index < -0.39 is 0 Å². The van der Waals surface area contributed by atoms with Crippen LogP contribution in [0.25, 0.3) is 0 Å². The Hall–Kier alpha value is -2.38. The molecule has 0 aromatic carbocycles. The molecular weight excluding hydrogens is 310 g/mol. The minimum Gasteiger partial charge on any atom is -0.450 e. The second-order valence-corrected chi connectivity index (χ2v) is 6.14. The number of nitrogens with one attached hydrogen (secondary N) is 2. The lowest BCUT2D eigenvalue weighted by Crippen LogP contribution is -2.42. The Labute approximate surface area is 141 Å². The Balaban J connectivity index is 1.46. The van der Waals surface area contributed by atoms with Crippen LogP contribution < -0.4 is 10.6 Å². The SMILES string of the molecule is CCOC(=O)N1CCC(Nc2cnc(C(=O)NC3CC3)cn2)CC1. The molecule has 130 valence electrons. The zero-order valence-corrected chi connectivity index (χ0v) is 13.8. The van der Waals surface area contributed by atoms with E-state index in [9.17, 15) is 9.59 Å². The highest BCUT2D eigenvalue weighted by atomic mass is 16.6. The van der Waals surface area contributed by atoms with Crippen molar-refractivity contribution in [2.45, 2.75) is 44.7 Å². The molecule has 0 atom stereocenters. The maximum atomic E-state index is 11.9. The van der Waals surface area contributed by atoms with Crippen LogP contribution in [0.3, 0.4) is 0 Å². The lowest BCUT2D eigenvalue weighted by Gasteiger charge is -2.31. The van der Waals surface area contributed by atoms with E-state index in [0.29, 0.717) is 37.3 Å². The van der Waals surface area contributed by atoms with Crippen LogP contribution in [0.2, 0.25) is 0 Å². The lowest BCUT2D eigenvalue weighted by atomic mass is 10.1. The number of hydrogen-bond donors (Lipinski definition) is 2. The van der Waals surface area contributed by atoms with Gasteiger partial charge in [0.2, 0.25) is 0 Å². The molecule has 0 bridgehead atoms. The average molecular weight is 333 g/mol. The largest absolute Gasteiger partial charge is 0.450 e. The van der Waals surface area contributed by atoms with E-state index in [1.807, 2.05) is 0 Å². The zero-order valence-electron chi connectivity index (χ0n) is 13.8. The number of rotatable bonds is 5.